The summed E-state index contributed by atoms with van der Waals surface area (Å²) >= 11 is 0. The monoisotopic (exact) mass is 280 g/mol. The SMILES string of the molecule is O=c1cc(CNCCc2ccncc2)nc2ccccn12. The van der Waals surface area contributed by atoms with Gasteiger partial charge in [0.1, 0.15) is 5.65 Å². The Hall–Kier alpha value is -2.53. The van der Waals surface area contributed by atoms with Crippen molar-refractivity contribution in [2.45, 2.75) is 13.0 Å². The van der Waals surface area contributed by atoms with Gasteiger partial charge < -0.3 is 5.32 Å². The van der Waals surface area contributed by atoms with Gasteiger partial charge in [-0.25, -0.2) is 4.98 Å². The molecule has 3 rings (SSSR count). The molecule has 0 radical (unpaired) electrons. The standard InChI is InChI=1S/C16H16N4O/c21-16-11-14(19-15-3-1-2-10-20(15)16)12-18-9-6-13-4-7-17-8-5-13/h1-5,7-8,10-11,18H,6,9,12H2. The Kier molecular flexibility index (Phi) is 4.02. The van der Waals surface area contributed by atoms with Gasteiger partial charge in [-0.1, -0.05) is 6.07 Å². The second kappa shape index (κ2) is 6.28. The minimum absolute atomic E-state index is 0.0495. The molecule has 3 heterocycles. The van der Waals surface area contributed by atoms with E-state index in [1.165, 1.54) is 5.56 Å². The third-order valence-corrected chi connectivity index (χ3v) is 3.27. The van der Waals surface area contributed by atoms with Crippen molar-refractivity contribution in [1.29, 1.82) is 0 Å². The molecule has 0 aliphatic heterocycles. The molecule has 0 fully saturated rings. The topological polar surface area (TPSA) is 59.3 Å². The molecule has 0 aliphatic rings. The first kappa shape index (κ1) is 13.5. The fourth-order valence-corrected chi connectivity index (χ4v) is 2.19. The Morgan fingerprint density at radius 3 is 2.86 bits per heavy atom. The quantitative estimate of drug-likeness (QED) is 0.718. The highest BCUT2D eigenvalue weighted by Crippen LogP contribution is 1.99. The predicted octanol–water partition coefficient (Wildman–Crippen LogP) is 1.42. The highest BCUT2D eigenvalue weighted by Gasteiger charge is 2.01. The molecule has 1 N–H and O–H groups in total. The molecule has 0 saturated carbocycles. The van der Waals surface area contributed by atoms with Gasteiger partial charge in [-0.15, -0.1) is 0 Å². The van der Waals surface area contributed by atoms with E-state index in [0.717, 1.165) is 18.7 Å². The average Bonchev–Trinajstić information content (AvgIpc) is 2.53. The van der Waals surface area contributed by atoms with Crippen LogP contribution in [0.5, 0.6) is 0 Å². The number of fused-ring (bicyclic) bond motifs is 1. The summed E-state index contributed by atoms with van der Waals surface area (Å²) in [6.07, 6.45) is 6.24. The summed E-state index contributed by atoms with van der Waals surface area (Å²) in [5.41, 5.74) is 2.63. The fourth-order valence-electron chi connectivity index (χ4n) is 2.19. The molecule has 3 aromatic rings. The lowest BCUT2D eigenvalue weighted by molar-refractivity contribution is 0.673. The maximum Gasteiger partial charge on any atom is 0.258 e. The molecule has 0 spiro atoms. The number of hydrogen-bond donors (Lipinski definition) is 1. The Labute approximate surface area is 122 Å². The van der Waals surface area contributed by atoms with Crippen LogP contribution in [0.15, 0.2) is 59.8 Å². The van der Waals surface area contributed by atoms with Crippen LogP contribution in [0.1, 0.15) is 11.3 Å². The van der Waals surface area contributed by atoms with E-state index in [1.807, 2.05) is 30.3 Å². The number of rotatable bonds is 5. The van der Waals surface area contributed by atoms with E-state index in [2.05, 4.69) is 15.3 Å². The lowest BCUT2D eigenvalue weighted by atomic mass is 10.2. The van der Waals surface area contributed by atoms with E-state index in [-0.39, 0.29) is 5.56 Å². The van der Waals surface area contributed by atoms with Crippen LogP contribution in [0.4, 0.5) is 0 Å². The molecule has 0 amide bonds. The molecule has 106 valence electrons. The van der Waals surface area contributed by atoms with E-state index in [0.29, 0.717) is 12.2 Å². The van der Waals surface area contributed by atoms with Crippen molar-refractivity contribution >= 4 is 5.65 Å². The third kappa shape index (κ3) is 3.32. The van der Waals surface area contributed by atoms with E-state index in [4.69, 9.17) is 0 Å². The molecular weight excluding hydrogens is 264 g/mol. The first-order chi connectivity index (χ1) is 10.3. The minimum atomic E-state index is -0.0495. The second-order valence-corrected chi connectivity index (χ2v) is 4.80. The first-order valence-corrected chi connectivity index (χ1v) is 6.90. The molecule has 0 aromatic carbocycles. The molecule has 21 heavy (non-hydrogen) atoms. The lowest BCUT2D eigenvalue weighted by Gasteiger charge is -2.06. The van der Waals surface area contributed by atoms with Crippen molar-refractivity contribution in [3.8, 4) is 0 Å². The number of hydrogen-bond acceptors (Lipinski definition) is 4. The fraction of sp³-hybridized carbons (Fsp3) is 0.188. The van der Waals surface area contributed by atoms with Crippen LogP contribution in [0.2, 0.25) is 0 Å². The van der Waals surface area contributed by atoms with Crippen molar-refractivity contribution in [3.05, 3.63) is 76.6 Å². The van der Waals surface area contributed by atoms with Gasteiger partial charge in [-0.05, 0) is 42.8 Å². The lowest BCUT2D eigenvalue weighted by Crippen LogP contribution is -2.21. The summed E-state index contributed by atoms with van der Waals surface area (Å²) in [7, 11) is 0. The van der Waals surface area contributed by atoms with Crippen LogP contribution in [-0.4, -0.2) is 20.9 Å². The summed E-state index contributed by atoms with van der Waals surface area (Å²) in [6.45, 7) is 1.42. The van der Waals surface area contributed by atoms with Crippen LogP contribution in [-0.2, 0) is 13.0 Å². The van der Waals surface area contributed by atoms with Gasteiger partial charge in [-0.3, -0.25) is 14.2 Å². The third-order valence-electron chi connectivity index (χ3n) is 3.27. The normalized spacial score (nSPS) is 10.9. The molecule has 0 aliphatic carbocycles. The Balaban J connectivity index is 1.62. The molecule has 0 atom stereocenters. The highest BCUT2D eigenvalue weighted by molar-refractivity contribution is 5.37. The Morgan fingerprint density at radius 2 is 2.00 bits per heavy atom. The second-order valence-electron chi connectivity index (χ2n) is 4.80. The van der Waals surface area contributed by atoms with E-state index in [1.54, 1.807) is 29.1 Å². The van der Waals surface area contributed by atoms with E-state index < -0.39 is 0 Å². The summed E-state index contributed by atoms with van der Waals surface area (Å²) < 4.78 is 1.54. The number of aromatic nitrogens is 3. The van der Waals surface area contributed by atoms with Crippen LogP contribution in [0, 0.1) is 0 Å². The van der Waals surface area contributed by atoms with Crippen molar-refractivity contribution in [3.63, 3.8) is 0 Å². The van der Waals surface area contributed by atoms with Crippen molar-refractivity contribution < 1.29 is 0 Å². The average molecular weight is 280 g/mol. The van der Waals surface area contributed by atoms with Crippen molar-refractivity contribution in [2.24, 2.45) is 0 Å². The molecular formula is C16H16N4O. The molecule has 5 heteroatoms. The minimum Gasteiger partial charge on any atom is -0.311 e. The van der Waals surface area contributed by atoms with E-state index in [9.17, 15) is 4.79 Å². The molecule has 5 nitrogen and oxygen atoms in total. The number of nitrogens with zero attached hydrogens (tertiary/aromatic N) is 3. The van der Waals surface area contributed by atoms with Gasteiger partial charge in [0, 0.05) is 31.2 Å². The predicted molar refractivity (Wildman–Crippen MR) is 81.1 cm³/mol. The highest BCUT2D eigenvalue weighted by atomic mass is 16.1. The van der Waals surface area contributed by atoms with Gasteiger partial charge >= 0.3 is 0 Å². The van der Waals surface area contributed by atoms with Gasteiger partial charge in [-0.2, -0.15) is 0 Å². The van der Waals surface area contributed by atoms with Gasteiger partial charge in [0.2, 0.25) is 0 Å². The first-order valence-electron chi connectivity index (χ1n) is 6.90. The molecule has 0 saturated heterocycles. The molecule has 0 bridgehead atoms. The number of pyridine rings is 2. The maximum atomic E-state index is 11.9. The summed E-state index contributed by atoms with van der Waals surface area (Å²) in [5.74, 6) is 0. The smallest absolute Gasteiger partial charge is 0.258 e. The Bertz CT molecular complexity index is 783. The van der Waals surface area contributed by atoms with E-state index >= 15 is 0 Å². The van der Waals surface area contributed by atoms with Crippen molar-refractivity contribution in [1.82, 2.24) is 19.7 Å². The zero-order chi connectivity index (χ0) is 14.5. The summed E-state index contributed by atoms with van der Waals surface area (Å²) in [6, 6.07) is 11.1. The van der Waals surface area contributed by atoms with Crippen molar-refractivity contribution in [2.75, 3.05) is 6.54 Å². The number of nitrogens with one attached hydrogen (secondary N) is 1. The zero-order valence-corrected chi connectivity index (χ0v) is 11.6. The largest absolute Gasteiger partial charge is 0.311 e. The zero-order valence-electron chi connectivity index (χ0n) is 11.6. The summed E-state index contributed by atoms with van der Waals surface area (Å²) in [4.78, 5) is 20.4. The van der Waals surface area contributed by atoms with Gasteiger partial charge in [0.05, 0.1) is 5.69 Å². The van der Waals surface area contributed by atoms with Crippen LogP contribution < -0.4 is 10.9 Å². The summed E-state index contributed by atoms with van der Waals surface area (Å²) in [5, 5.41) is 3.31. The van der Waals surface area contributed by atoms with Crippen LogP contribution >= 0.6 is 0 Å². The molecule has 3 aromatic heterocycles. The van der Waals surface area contributed by atoms with Gasteiger partial charge in [0.25, 0.3) is 5.56 Å². The van der Waals surface area contributed by atoms with Gasteiger partial charge in [0.15, 0.2) is 0 Å². The Morgan fingerprint density at radius 1 is 1.14 bits per heavy atom. The van der Waals surface area contributed by atoms with Crippen LogP contribution in [0.25, 0.3) is 5.65 Å². The van der Waals surface area contributed by atoms with Crippen LogP contribution in [0.3, 0.4) is 0 Å². The molecule has 0 unspecified atom stereocenters. The maximum absolute atomic E-state index is 11.9.